The van der Waals surface area contributed by atoms with E-state index in [0.717, 1.165) is 29.5 Å². The maximum absolute atomic E-state index is 12.5. The quantitative estimate of drug-likeness (QED) is 0.366. The Labute approximate surface area is 161 Å². The van der Waals surface area contributed by atoms with Gasteiger partial charge in [-0.25, -0.2) is 9.69 Å². The minimum absolute atomic E-state index is 0.0172. The number of thioether (sulfide) groups is 1. The van der Waals surface area contributed by atoms with Crippen LogP contribution in [0.2, 0.25) is 0 Å². The number of hydrogen-bond donors (Lipinski definition) is 2. The lowest BCUT2D eigenvalue weighted by Gasteiger charge is -2.15. The summed E-state index contributed by atoms with van der Waals surface area (Å²) in [4.78, 5) is 48.4. The van der Waals surface area contributed by atoms with Gasteiger partial charge in [-0.2, -0.15) is 0 Å². The Bertz CT molecular complexity index is 721. The highest BCUT2D eigenvalue weighted by Gasteiger charge is 2.40. The number of carboxylic acid groups (broad SMARTS) is 1. The number of nitrogens with two attached hydrogens (primary N) is 1. The maximum Gasteiger partial charge on any atom is 0.338 e. The fourth-order valence-corrected chi connectivity index (χ4v) is 3.53. The van der Waals surface area contributed by atoms with Crippen LogP contribution in [0.1, 0.15) is 36.5 Å². The number of carboxylic acids is 1. The number of benzene rings is 1. The number of anilines is 1. The van der Waals surface area contributed by atoms with E-state index >= 15 is 0 Å². The molecule has 2 unspecified atom stereocenters. The van der Waals surface area contributed by atoms with Crippen molar-refractivity contribution in [2.75, 3.05) is 17.3 Å². The Morgan fingerprint density at radius 2 is 2.00 bits per heavy atom. The number of nitrogens with zero attached hydrogens (tertiary/aromatic N) is 1. The van der Waals surface area contributed by atoms with E-state index in [1.807, 2.05) is 6.92 Å². The van der Waals surface area contributed by atoms with Crippen molar-refractivity contribution >= 4 is 41.2 Å². The van der Waals surface area contributed by atoms with E-state index in [1.54, 1.807) is 0 Å². The average Bonchev–Trinajstić information content (AvgIpc) is 2.93. The summed E-state index contributed by atoms with van der Waals surface area (Å²) >= 11 is 1.06. The van der Waals surface area contributed by atoms with Crippen molar-refractivity contribution in [3.8, 4) is 0 Å². The topological polar surface area (TPSA) is 127 Å². The molecule has 2 atom stereocenters. The molecule has 1 aliphatic heterocycles. The predicted octanol–water partition coefficient (Wildman–Crippen LogP) is 1.42. The summed E-state index contributed by atoms with van der Waals surface area (Å²) in [5.74, 6) is -2.36. The number of carbonyl (C=O) groups excluding carboxylic acids is 3. The van der Waals surface area contributed by atoms with Crippen LogP contribution < -0.4 is 10.6 Å². The predicted molar refractivity (Wildman–Crippen MR) is 101 cm³/mol. The van der Waals surface area contributed by atoms with Crippen LogP contribution in [-0.4, -0.2) is 52.5 Å². The fraction of sp³-hybridized carbons (Fsp3) is 0.444. The molecule has 2 amide bonds. The molecule has 0 radical (unpaired) electrons. The van der Waals surface area contributed by atoms with Gasteiger partial charge >= 0.3 is 11.9 Å². The van der Waals surface area contributed by atoms with Gasteiger partial charge in [0.15, 0.2) is 0 Å². The number of imide groups is 1. The molecule has 3 N–H and O–H groups in total. The first-order valence-electron chi connectivity index (χ1n) is 8.59. The Morgan fingerprint density at radius 1 is 1.33 bits per heavy atom. The lowest BCUT2D eigenvalue weighted by atomic mass is 10.2. The molecular weight excluding hydrogens is 372 g/mol. The molecule has 0 aliphatic carbocycles. The molecule has 0 saturated carbocycles. The Hall–Kier alpha value is -2.39. The molecule has 1 saturated heterocycles. The second kappa shape index (κ2) is 9.52. The highest BCUT2D eigenvalue weighted by Crippen LogP contribution is 2.30. The van der Waals surface area contributed by atoms with Crippen LogP contribution in [0.5, 0.6) is 0 Å². The van der Waals surface area contributed by atoms with Crippen molar-refractivity contribution < 1.29 is 29.0 Å². The third-order valence-corrected chi connectivity index (χ3v) is 5.31. The van der Waals surface area contributed by atoms with Crippen LogP contribution in [0.4, 0.5) is 5.69 Å². The summed E-state index contributed by atoms with van der Waals surface area (Å²) in [6.45, 7) is 2.34. The van der Waals surface area contributed by atoms with Crippen molar-refractivity contribution in [3.63, 3.8) is 0 Å². The first-order valence-corrected chi connectivity index (χ1v) is 9.64. The number of carbonyl (C=O) groups is 4. The SMILES string of the molecule is CCCCOC(=O)c1ccc(N2C(=O)CC(SCC(N)C(=O)O)C2=O)cc1. The first kappa shape index (κ1) is 20.9. The number of rotatable bonds is 9. The van der Waals surface area contributed by atoms with Crippen LogP contribution in [-0.2, 0) is 19.1 Å². The Kier molecular flexibility index (Phi) is 7.37. The second-order valence-corrected chi connectivity index (χ2v) is 7.31. The van der Waals surface area contributed by atoms with Gasteiger partial charge in [0.2, 0.25) is 11.8 Å². The van der Waals surface area contributed by atoms with Gasteiger partial charge < -0.3 is 15.6 Å². The third kappa shape index (κ3) is 5.30. The van der Waals surface area contributed by atoms with E-state index < -0.39 is 29.1 Å². The molecule has 1 heterocycles. The van der Waals surface area contributed by atoms with E-state index in [4.69, 9.17) is 15.6 Å². The molecule has 0 spiro atoms. The van der Waals surface area contributed by atoms with Gasteiger partial charge in [0.25, 0.3) is 0 Å². The summed E-state index contributed by atoms with van der Waals surface area (Å²) < 4.78 is 5.12. The average molecular weight is 394 g/mol. The second-order valence-electron chi connectivity index (χ2n) is 6.07. The zero-order valence-corrected chi connectivity index (χ0v) is 15.7. The van der Waals surface area contributed by atoms with E-state index in [1.165, 1.54) is 24.3 Å². The molecule has 1 aromatic carbocycles. The summed E-state index contributed by atoms with van der Waals surface area (Å²) in [5, 5.41) is 8.14. The largest absolute Gasteiger partial charge is 0.480 e. The van der Waals surface area contributed by atoms with Crippen LogP contribution in [0.25, 0.3) is 0 Å². The van der Waals surface area contributed by atoms with Crippen molar-refractivity contribution in [3.05, 3.63) is 29.8 Å². The summed E-state index contributed by atoms with van der Waals surface area (Å²) in [5.41, 5.74) is 6.14. The number of amides is 2. The zero-order chi connectivity index (χ0) is 20.0. The number of esters is 1. The number of unbranched alkanes of at least 4 members (excludes halogenated alkanes) is 1. The van der Waals surface area contributed by atoms with E-state index in [9.17, 15) is 19.2 Å². The molecule has 9 heteroatoms. The molecule has 1 aliphatic rings. The van der Waals surface area contributed by atoms with Crippen molar-refractivity contribution in [1.82, 2.24) is 0 Å². The standard InChI is InChI=1S/C18H22N2O6S/c1-2-3-8-26-18(25)11-4-6-12(7-5-11)20-15(21)9-14(16(20)22)27-10-13(19)17(23)24/h4-7,13-14H,2-3,8-10,19H2,1H3,(H,23,24). The summed E-state index contributed by atoms with van der Waals surface area (Å²) in [6.07, 6.45) is 1.68. The van der Waals surface area contributed by atoms with Crippen LogP contribution in [0, 0.1) is 0 Å². The molecule has 0 bridgehead atoms. The van der Waals surface area contributed by atoms with Gasteiger partial charge in [0, 0.05) is 12.2 Å². The van der Waals surface area contributed by atoms with Gasteiger partial charge in [-0.3, -0.25) is 14.4 Å². The lowest BCUT2D eigenvalue weighted by molar-refractivity contribution is -0.138. The maximum atomic E-state index is 12.5. The van der Waals surface area contributed by atoms with Gasteiger partial charge in [0.05, 0.1) is 23.1 Å². The first-order chi connectivity index (χ1) is 12.8. The smallest absolute Gasteiger partial charge is 0.338 e. The summed E-state index contributed by atoms with van der Waals surface area (Å²) in [7, 11) is 0. The van der Waals surface area contributed by atoms with Gasteiger partial charge in [-0.05, 0) is 30.7 Å². The minimum Gasteiger partial charge on any atom is -0.480 e. The van der Waals surface area contributed by atoms with Crippen LogP contribution >= 0.6 is 11.8 Å². The molecule has 0 aromatic heterocycles. The number of ether oxygens (including phenoxy) is 1. The summed E-state index contributed by atoms with van der Waals surface area (Å²) in [6, 6.07) is 4.95. The number of aliphatic carboxylic acids is 1. The van der Waals surface area contributed by atoms with Crippen molar-refractivity contribution in [2.24, 2.45) is 5.73 Å². The highest BCUT2D eigenvalue weighted by atomic mass is 32.2. The van der Waals surface area contributed by atoms with Crippen LogP contribution in [0.3, 0.4) is 0 Å². The van der Waals surface area contributed by atoms with Crippen molar-refractivity contribution in [2.45, 2.75) is 37.5 Å². The monoisotopic (exact) mass is 394 g/mol. The Morgan fingerprint density at radius 3 is 2.59 bits per heavy atom. The van der Waals surface area contributed by atoms with Gasteiger partial charge in [0.1, 0.15) is 6.04 Å². The molecule has 27 heavy (non-hydrogen) atoms. The molecule has 1 aromatic rings. The van der Waals surface area contributed by atoms with E-state index in [-0.39, 0.29) is 18.1 Å². The molecule has 2 rings (SSSR count). The minimum atomic E-state index is -1.16. The third-order valence-electron chi connectivity index (χ3n) is 3.99. The lowest BCUT2D eigenvalue weighted by Crippen LogP contribution is -2.35. The molecule has 146 valence electrons. The highest BCUT2D eigenvalue weighted by molar-refractivity contribution is 8.00. The zero-order valence-electron chi connectivity index (χ0n) is 14.9. The Balaban J connectivity index is 2.00. The molecular formula is C18H22N2O6S. The fourth-order valence-electron chi connectivity index (χ4n) is 2.44. The van der Waals surface area contributed by atoms with Crippen molar-refractivity contribution in [1.29, 1.82) is 0 Å². The molecule has 1 fully saturated rings. The normalized spacial score (nSPS) is 17.9. The van der Waals surface area contributed by atoms with Gasteiger partial charge in [-0.1, -0.05) is 13.3 Å². The van der Waals surface area contributed by atoms with Gasteiger partial charge in [-0.15, -0.1) is 11.8 Å². The van der Waals surface area contributed by atoms with E-state index in [0.29, 0.717) is 17.9 Å². The van der Waals surface area contributed by atoms with E-state index in [2.05, 4.69) is 0 Å². The number of hydrogen-bond acceptors (Lipinski definition) is 7. The molecule has 8 nitrogen and oxygen atoms in total. The van der Waals surface area contributed by atoms with Crippen LogP contribution in [0.15, 0.2) is 24.3 Å².